The van der Waals surface area contributed by atoms with Gasteiger partial charge in [-0.25, -0.2) is 13.2 Å². The number of allylic oxidation sites excluding steroid dienone is 2. The second kappa shape index (κ2) is 4.26. The Bertz CT molecular complexity index is 324. The maximum absolute atomic E-state index is 12.7. The molecule has 0 saturated heterocycles. The molecule has 0 bridgehead atoms. The number of hydrogen-bond donors (Lipinski definition) is 0. The maximum Gasteiger partial charge on any atom is 0.438 e. The van der Waals surface area contributed by atoms with Crippen molar-refractivity contribution in [3.8, 4) is 0 Å². The van der Waals surface area contributed by atoms with Crippen LogP contribution in [-0.2, 0) is 0 Å². The Labute approximate surface area is 92.1 Å². The fourth-order valence-electron chi connectivity index (χ4n) is 0.754. The van der Waals surface area contributed by atoms with Crippen LogP contribution in [0.2, 0.25) is 0 Å². The zero-order valence-corrected chi connectivity index (χ0v) is 8.16. The van der Waals surface area contributed by atoms with Crippen molar-refractivity contribution in [3.05, 3.63) is 11.7 Å². The lowest BCUT2D eigenvalue weighted by Gasteiger charge is -2.29. The predicted octanol–water partition coefficient (Wildman–Crippen LogP) is 4.63. The first-order valence-electron chi connectivity index (χ1n) is 3.83. The van der Waals surface area contributed by atoms with E-state index in [4.69, 9.17) is 0 Å². The highest BCUT2D eigenvalue weighted by atomic mass is 19.4. The molecule has 0 aromatic carbocycles. The molecule has 0 spiro atoms. The van der Waals surface area contributed by atoms with E-state index in [1.807, 2.05) is 0 Å². The third kappa shape index (κ3) is 2.69. The average Bonchev–Trinajstić information content (AvgIpc) is 2.08. The Hall–Kier alpha value is -1.03. The van der Waals surface area contributed by atoms with Crippen LogP contribution in [0.3, 0.4) is 0 Å². The van der Waals surface area contributed by atoms with Gasteiger partial charge in [0.15, 0.2) is 5.83 Å². The van der Waals surface area contributed by atoms with E-state index < -0.39 is 42.5 Å². The van der Waals surface area contributed by atoms with Gasteiger partial charge in [-0.2, -0.15) is 35.1 Å². The van der Waals surface area contributed by atoms with Gasteiger partial charge in [-0.1, -0.05) is 0 Å². The van der Waals surface area contributed by atoms with Crippen molar-refractivity contribution in [2.75, 3.05) is 0 Å². The molecule has 0 aromatic heterocycles. The summed E-state index contributed by atoms with van der Waals surface area (Å²) >= 11 is 0. The first-order valence-corrected chi connectivity index (χ1v) is 3.83. The lowest BCUT2D eigenvalue weighted by Crippen LogP contribution is -2.54. The Morgan fingerprint density at radius 3 is 1.06 bits per heavy atom. The van der Waals surface area contributed by atoms with Gasteiger partial charge >= 0.3 is 18.0 Å². The summed E-state index contributed by atoms with van der Waals surface area (Å²) in [6.07, 6.45) is -14.0. The molecule has 0 aromatic rings. The summed E-state index contributed by atoms with van der Waals surface area (Å²) in [6, 6.07) is 0. The van der Waals surface area contributed by atoms with E-state index in [0.29, 0.717) is 0 Å². The van der Waals surface area contributed by atoms with Gasteiger partial charge in [0, 0.05) is 6.92 Å². The molecule has 0 unspecified atom stereocenters. The molecule has 18 heavy (non-hydrogen) atoms. The van der Waals surface area contributed by atoms with E-state index in [0.717, 1.165) is 0 Å². The molecule has 0 amide bonds. The van der Waals surface area contributed by atoms with Crippen LogP contribution < -0.4 is 0 Å². The number of alkyl halides is 9. The average molecular weight is 296 g/mol. The van der Waals surface area contributed by atoms with Crippen LogP contribution in [0.15, 0.2) is 11.7 Å². The Kier molecular flexibility index (Phi) is 4.02. The first-order chi connectivity index (χ1) is 7.57. The summed E-state index contributed by atoms with van der Waals surface area (Å²) in [5.74, 6) is -13.1. The lowest BCUT2D eigenvalue weighted by molar-refractivity contribution is -0.332. The summed E-state index contributed by atoms with van der Waals surface area (Å²) in [5, 5.41) is 0. The molecule has 11 heteroatoms. The summed E-state index contributed by atoms with van der Waals surface area (Å²) in [7, 11) is 0. The molecule has 0 aliphatic rings. The molecule has 0 fully saturated rings. The summed E-state index contributed by atoms with van der Waals surface area (Å²) in [6.45, 7) is -0.533. The molecule has 0 nitrogen and oxygen atoms in total. The SMILES string of the molecule is CC(F)(F)C(F)=C(F)C(F)(C(F)(F)F)C(F)(F)F. The number of rotatable bonds is 2. The van der Waals surface area contributed by atoms with E-state index >= 15 is 0 Å². The van der Waals surface area contributed by atoms with Crippen LogP contribution in [0, 0.1) is 0 Å². The van der Waals surface area contributed by atoms with Gasteiger partial charge in [-0.05, 0) is 0 Å². The third-order valence-electron chi connectivity index (χ3n) is 1.66. The second-order valence-electron chi connectivity index (χ2n) is 3.17. The highest BCUT2D eigenvalue weighted by Crippen LogP contribution is 2.53. The predicted molar refractivity (Wildman–Crippen MR) is 35.8 cm³/mol. The van der Waals surface area contributed by atoms with Gasteiger partial charge in [0.2, 0.25) is 5.83 Å². The Morgan fingerprint density at radius 1 is 0.611 bits per heavy atom. The molecular weight excluding hydrogens is 293 g/mol. The smallest absolute Gasteiger partial charge is 0.215 e. The molecule has 108 valence electrons. The fourth-order valence-corrected chi connectivity index (χ4v) is 0.754. The van der Waals surface area contributed by atoms with Gasteiger partial charge < -0.3 is 0 Å². The first kappa shape index (κ1) is 17.0. The topological polar surface area (TPSA) is 0 Å². The van der Waals surface area contributed by atoms with Crippen LogP contribution in [0.5, 0.6) is 0 Å². The molecule has 0 saturated carbocycles. The summed E-state index contributed by atoms with van der Waals surface area (Å²) in [4.78, 5) is 0. The van der Waals surface area contributed by atoms with Gasteiger partial charge in [0.25, 0.3) is 5.92 Å². The van der Waals surface area contributed by atoms with Gasteiger partial charge in [-0.3, -0.25) is 0 Å². The van der Waals surface area contributed by atoms with Gasteiger partial charge in [0.1, 0.15) is 0 Å². The maximum atomic E-state index is 12.7. The van der Waals surface area contributed by atoms with E-state index in [-0.39, 0.29) is 0 Å². The van der Waals surface area contributed by atoms with Crippen LogP contribution in [0.4, 0.5) is 48.3 Å². The number of hydrogen-bond acceptors (Lipinski definition) is 0. The van der Waals surface area contributed by atoms with Crippen molar-refractivity contribution in [1.82, 2.24) is 0 Å². The highest BCUT2D eigenvalue weighted by molar-refractivity contribution is 5.23. The highest BCUT2D eigenvalue weighted by Gasteiger charge is 2.77. The van der Waals surface area contributed by atoms with Gasteiger partial charge in [0.05, 0.1) is 0 Å². The molecule has 0 radical (unpaired) electrons. The van der Waals surface area contributed by atoms with Crippen LogP contribution in [0.25, 0.3) is 0 Å². The molecule has 0 aliphatic heterocycles. The monoisotopic (exact) mass is 296 g/mol. The number of halogens is 11. The lowest BCUT2D eigenvalue weighted by atomic mass is 10.0. The van der Waals surface area contributed by atoms with E-state index in [9.17, 15) is 48.3 Å². The van der Waals surface area contributed by atoms with Crippen molar-refractivity contribution >= 4 is 0 Å². The summed E-state index contributed by atoms with van der Waals surface area (Å²) in [5.41, 5.74) is -6.83. The fraction of sp³-hybridized carbons (Fsp3) is 0.714. The Balaban J connectivity index is 6.13. The molecule has 0 atom stereocenters. The molecule has 0 N–H and O–H groups in total. The Morgan fingerprint density at radius 2 is 0.889 bits per heavy atom. The largest absolute Gasteiger partial charge is 0.438 e. The van der Waals surface area contributed by atoms with E-state index in [2.05, 4.69) is 0 Å². The molecule has 0 heterocycles. The minimum atomic E-state index is -6.99. The van der Waals surface area contributed by atoms with Gasteiger partial charge in [-0.15, -0.1) is 0 Å². The second-order valence-corrected chi connectivity index (χ2v) is 3.17. The van der Waals surface area contributed by atoms with E-state index in [1.54, 1.807) is 0 Å². The van der Waals surface area contributed by atoms with Crippen molar-refractivity contribution in [1.29, 1.82) is 0 Å². The van der Waals surface area contributed by atoms with Crippen LogP contribution in [-0.4, -0.2) is 23.9 Å². The zero-order chi connectivity index (χ0) is 15.2. The standard InChI is InChI=1S/C7H3F11/c1-4(10,11)2(8)3(9)5(12,6(13,14)15)7(16,17)18/h1H3. The summed E-state index contributed by atoms with van der Waals surface area (Å²) < 4.78 is 133. The third-order valence-corrected chi connectivity index (χ3v) is 1.66. The zero-order valence-electron chi connectivity index (χ0n) is 8.16. The van der Waals surface area contributed by atoms with Crippen LogP contribution in [0.1, 0.15) is 6.92 Å². The molecule has 0 rings (SSSR count). The van der Waals surface area contributed by atoms with Crippen molar-refractivity contribution in [2.24, 2.45) is 0 Å². The molecule has 0 aliphatic carbocycles. The van der Waals surface area contributed by atoms with E-state index in [1.165, 1.54) is 0 Å². The molecular formula is C7H3F11. The minimum absolute atomic E-state index is 0.533. The quantitative estimate of drug-likeness (QED) is 0.652. The minimum Gasteiger partial charge on any atom is -0.215 e. The van der Waals surface area contributed by atoms with Crippen molar-refractivity contribution < 1.29 is 48.3 Å². The normalized spacial score (nSPS) is 16.7. The van der Waals surface area contributed by atoms with Crippen molar-refractivity contribution in [3.63, 3.8) is 0 Å². The van der Waals surface area contributed by atoms with Crippen molar-refractivity contribution in [2.45, 2.75) is 30.9 Å². The van der Waals surface area contributed by atoms with Crippen LogP contribution >= 0.6 is 0 Å².